The fraction of sp³-hybridized carbons (Fsp3) is 0. The second-order valence-corrected chi connectivity index (χ2v) is 1.94. The predicted molar refractivity (Wildman–Crippen MR) is 34.4 cm³/mol. The Balaban J connectivity index is 3.35. The average Bonchev–Trinajstić information content (AvgIpc) is 1.99. The molecular weight excluding hydrogens is 182 g/mol. The highest BCUT2D eigenvalue weighted by molar-refractivity contribution is 9.10. The van der Waals surface area contributed by atoms with Crippen LogP contribution < -0.4 is 0 Å². The van der Waals surface area contributed by atoms with E-state index >= 15 is 0 Å². The molecule has 0 amide bonds. The van der Waals surface area contributed by atoms with E-state index in [1.165, 1.54) is 0 Å². The predicted octanol–water partition coefficient (Wildman–Crippen LogP) is 1.11. The Kier molecular flexibility index (Phi) is 1.12. The Labute approximate surface area is 63.3 Å². The van der Waals surface area contributed by atoms with Gasteiger partial charge in [0.15, 0.2) is 0 Å². The van der Waals surface area contributed by atoms with Gasteiger partial charge in [0.25, 0.3) is 0 Å². The Morgan fingerprint density at radius 2 is 2.67 bits per heavy atom. The van der Waals surface area contributed by atoms with Crippen LogP contribution in [0.25, 0.3) is 0 Å². The van der Waals surface area contributed by atoms with E-state index in [4.69, 9.17) is 8.00 Å². The minimum atomic E-state index is -0.247. The highest BCUT2D eigenvalue weighted by Crippen LogP contribution is 2.01. The lowest BCUT2D eigenvalue weighted by Gasteiger charge is -1.85. The van der Waals surface area contributed by atoms with E-state index in [9.17, 15) is 0 Å². The zero-order valence-electron chi connectivity index (χ0n) is 6.22. The second kappa shape index (κ2) is 2.55. The molecule has 0 aromatic carbocycles. The summed E-state index contributed by atoms with van der Waals surface area (Å²) in [6, 6.07) is 1.57. The number of rotatable bonds is 0. The van der Waals surface area contributed by atoms with Crippen LogP contribution in [0.2, 0.25) is 0 Å². The molecule has 4 heteroatoms. The third-order valence-electron chi connectivity index (χ3n) is 0.625. The van der Waals surface area contributed by atoms with Crippen molar-refractivity contribution in [2.75, 3.05) is 0 Å². The van der Waals surface area contributed by atoms with Gasteiger partial charge in [0.2, 0.25) is 5.82 Å². The molecule has 0 saturated heterocycles. The quantitative estimate of drug-likeness (QED) is 0.570. The Bertz CT molecular complexity index is 310. The molecule has 0 aliphatic rings. The van der Waals surface area contributed by atoms with Crippen LogP contribution in [-0.4, -0.2) is 9.97 Å². The van der Waals surface area contributed by atoms with Gasteiger partial charge < -0.3 is 0 Å². The number of nitriles is 1. The van der Waals surface area contributed by atoms with Crippen LogP contribution in [0.15, 0.2) is 16.8 Å². The number of nitrogens with zero attached hydrogens (tertiary/aromatic N) is 3. The lowest BCUT2D eigenvalue weighted by Crippen LogP contribution is -1.85. The van der Waals surface area contributed by atoms with Gasteiger partial charge >= 0.3 is 0 Å². The molecule has 1 aromatic heterocycles. The van der Waals surface area contributed by atoms with Crippen molar-refractivity contribution in [3.05, 3.63) is 22.6 Å². The molecule has 1 rings (SSSR count). The molecule has 0 fully saturated rings. The van der Waals surface area contributed by atoms with Gasteiger partial charge in [-0.2, -0.15) is 5.26 Å². The molecule has 44 valence electrons. The van der Waals surface area contributed by atoms with E-state index < -0.39 is 0 Å². The van der Waals surface area contributed by atoms with Crippen molar-refractivity contribution in [3.63, 3.8) is 0 Å². The summed E-state index contributed by atoms with van der Waals surface area (Å²) in [6.07, 6.45) is -0.247. The molecule has 0 spiro atoms. The molecule has 0 aliphatic heterocycles. The van der Waals surface area contributed by atoms with Crippen molar-refractivity contribution in [3.8, 4) is 6.07 Å². The average molecular weight is 186 g/mol. The normalized spacial score (nSPS) is 11.6. The zero-order valence-corrected chi connectivity index (χ0v) is 5.81. The Morgan fingerprint density at radius 3 is 3.22 bits per heavy atom. The molecule has 0 unspecified atom stereocenters. The van der Waals surface area contributed by atoms with Gasteiger partial charge in [-0.1, -0.05) is 0 Å². The molecule has 0 saturated carbocycles. The van der Waals surface area contributed by atoms with Crippen LogP contribution in [0.4, 0.5) is 0 Å². The topological polar surface area (TPSA) is 49.6 Å². The first kappa shape index (κ1) is 3.96. The number of aromatic nitrogens is 2. The van der Waals surface area contributed by atoms with Crippen molar-refractivity contribution < 1.29 is 2.74 Å². The van der Waals surface area contributed by atoms with Gasteiger partial charge in [-0.3, -0.25) is 0 Å². The lowest BCUT2D eigenvalue weighted by molar-refractivity contribution is 1.09. The van der Waals surface area contributed by atoms with E-state index in [-0.39, 0.29) is 22.6 Å². The standard InChI is InChI=1S/C5H2BrN3/c6-4-1-2-8-5(3-7)9-4/h1-2H/i1D,2D. The smallest absolute Gasteiger partial charge is 0.227 e. The summed E-state index contributed by atoms with van der Waals surface area (Å²) in [4.78, 5) is 7.02. The maximum absolute atomic E-state index is 8.34. The van der Waals surface area contributed by atoms with Crippen LogP contribution in [0.5, 0.6) is 0 Å². The number of hydrogen-bond donors (Lipinski definition) is 0. The molecule has 1 heterocycles. The fourth-order valence-electron chi connectivity index (χ4n) is 0.323. The molecule has 0 bridgehead atoms. The fourth-order valence-corrected chi connectivity index (χ4v) is 0.580. The summed E-state index contributed by atoms with van der Waals surface area (Å²) >= 11 is 2.93. The summed E-state index contributed by atoms with van der Waals surface area (Å²) in [6.45, 7) is 0. The van der Waals surface area contributed by atoms with Crippen molar-refractivity contribution in [2.24, 2.45) is 0 Å². The molecule has 0 aliphatic carbocycles. The van der Waals surface area contributed by atoms with Crippen molar-refractivity contribution in [2.45, 2.75) is 0 Å². The zero-order chi connectivity index (χ0) is 8.43. The maximum Gasteiger partial charge on any atom is 0.233 e. The third kappa shape index (κ3) is 1.47. The van der Waals surface area contributed by atoms with Gasteiger partial charge in [-0.05, 0) is 22.0 Å². The first-order valence-electron chi connectivity index (χ1n) is 3.06. The number of halogens is 1. The minimum absolute atomic E-state index is 0.0992. The number of hydrogen-bond acceptors (Lipinski definition) is 3. The molecule has 1 aromatic rings. The molecule has 9 heavy (non-hydrogen) atoms. The van der Waals surface area contributed by atoms with E-state index in [0.717, 1.165) is 0 Å². The first-order chi connectivity index (χ1) is 5.15. The maximum atomic E-state index is 8.34. The first-order valence-corrected chi connectivity index (χ1v) is 2.85. The van der Waals surface area contributed by atoms with Gasteiger partial charge in [-0.25, -0.2) is 9.97 Å². The van der Waals surface area contributed by atoms with Gasteiger partial charge in [-0.15, -0.1) is 0 Å². The second-order valence-electron chi connectivity index (χ2n) is 1.19. The van der Waals surface area contributed by atoms with Crippen LogP contribution in [-0.2, 0) is 0 Å². The molecule has 3 nitrogen and oxygen atoms in total. The van der Waals surface area contributed by atoms with Crippen molar-refractivity contribution in [1.29, 1.82) is 5.26 Å². The summed E-state index contributed by atoms with van der Waals surface area (Å²) in [5, 5.41) is 8.34. The molecule has 0 atom stereocenters. The van der Waals surface area contributed by atoms with E-state index in [1.54, 1.807) is 6.07 Å². The molecular formula is C5H2BrN3. The van der Waals surface area contributed by atoms with Crippen LogP contribution in [0.3, 0.4) is 0 Å². The summed E-state index contributed by atoms with van der Waals surface area (Å²) in [7, 11) is 0. The van der Waals surface area contributed by atoms with Crippen LogP contribution >= 0.6 is 15.9 Å². The summed E-state index contributed by atoms with van der Waals surface area (Å²) in [5.74, 6) is -0.0992. The van der Waals surface area contributed by atoms with Gasteiger partial charge in [0, 0.05) is 6.17 Å². The Morgan fingerprint density at radius 1 is 1.89 bits per heavy atom. The van der Waals surface area contributed by atoms with E-state index in [2.05, 4.69) is 25.9 Å². The Hall–Kier alpha value is -0.950. The van der Waals surface area contributed by atoms with Crippen molar-refractivity contribution in [1.82, 2.24) is 9.97 Å². The summed E-state index contributed by atoms with van der Waals surface area (Å²) in [5.41, 5.74) is 0. The van der Waals surface area contributed by atoms with E-state index in [1.807, 2.05) is 0 Å². The summed E-state index contributed by atoms with van der Waals surface area (Å²) < 4.78 is 14.4. The van der Waals surface area contributed by atoms with Crippen LogP contribution in [0.1, 0.15) is 8.57 Å². The molecule has 0 radical (unpaired) electrons. The largest absolute Gasteiger partial charge is 0.233 e. The highest BCUT2D eigenvalue weighted by atomic mass is 79.9. The van der Waals surface area contributed by atoms with Crippen LogP contribution in [0, 0.1) is 11.3 Å². The molecule has 0 N–H and O–H groups in total. The third-order valence-corrected chi connectivity index (χ3v) is 1.00. The SMILES string of the molecule is [2H]c1nc(C#N)nc(Br)c1[2H]. The monoisotopic (exact) mass is 185 g/mol. The highest BCUT2D eigenvalue weighted by Gasteiger charge is 1.90. The lowest BCUT2D eigenvalue weighted by atomic mass is 10.6. The van der Waals surface area contributed by atoms with Gasteiger partial charge in [0.1, 0.15) is 10.7 Å². The van der Waals surface area contributed by atoms with Gasteiger partial charge in [0.05, 0.1) is 2.74 Å². The van der Waals surface area contributed by atoms with Crippen molar-refractivity contribution >= 4 is 15.9 Å². The van der Waals surface area contributed by atoms with E-state index in [0.29, 0.717) is 0 Å². The minimum Gasteiger partial charge on any atom is -0.227 e.